The quantitative estimate of drug-likeness (QED) is 0.570. The van der Waals surface area contributed by atoms with Crippen LogP contribution in [0.3, 0.4) is 0 Å². The molecule has 4 heteroatoms. The van der Waals surface area contributed by atoms with Gasteiger partial charge in [0, 0.05) is 6.54 Å². The maximum atomic E-state index is 11.7. The zero-order valence-electron chi connectivity index (χ0n) is 5.80. The van der Waals surface area contributed by atoms with Gasteiger partial charge in [-0.15, -0.1) is 0 Å². The van der Waals surface area contributed by atoms with Gasteiger partial charge in [-0.3, -0.25) is 4.99 Å². The third kappa shape index (κ3) is 1.93. The number of hydrogen-bond donors (Lipinski definition) is 0. The lowest BCUT2D eigenvalue weighted by Crippen LogP contribution is -2.27. The van der Waals surface area contributed by atoms with Gasteiger partial charge in [0.1, 0.15) is 0 Å². The first kappa shape index (κ1) is 7.44. The Kier molecular flexibility index (Phi) is 2.19. The van der Waals surface area contributed by atoms with Crippen molar-refractivity contribution in [3.63, 3.8) is 0 Å². The molecule has 0 spiro atoms. The number of rotatable bonds is 2. The molecule has 0 radical (unpaired) electrons. The molecule has 1 aliphatic heterocycles. The lowest BCUT2D eigenvalue weighted by molar-refractivity contribution is 0.119. The predicted octanol–water partition coefficient (Wildman–Crippen LogP) is 0.984. The SMILES string of the molecule is CC1CN(CC(F)F)C=N1. The zero-order valence-corrected chi connectivity index (χ0v) is 5.80. The molecule has 1 atom stereocenters. The summed E-state index contributed by atoms with van der Waals surface area (Å²) < 4.78 is 23.4. The van der Waals surface area contributed by atoms with Crippen LogP contribution in [0.2, 0.25) is 0 Å². The minimum absolute atomic E-state index is 0.179. The molecule has 0 aromatic rings. The van der Waals surface area contributed by atoms with Crippen LogP contribution in [0.15, 0.2) is 4.99 Å². The molecule has 2 nitrogen and oxygen atoms in total. The summed E-state index contributed by atoms with van der Waals surface area (Å²) in [6.07, 6.45) is -0.756. The van der Waals surface area contributed by atoms with Crippen molar-refractivity contribution in [3.8, 4) is 0 Å². The van der Waals surface area contributed by atoms with Crippen molar-refractivity contribution in [2.24, 2.45) is 4.99 Å². The molecule has 1 aliphatic rings. The number of aliphatic imine (C=N–C) groups is 1. The predicted molar refractivity (Wildman–Crippen MR) is 35.5 cm³/mol. The molecule has 58 valence electrons. The van der Waals surface area contributed by atoms with Gasteiger partial charge in [0.2, 0.25) is 0 Å². The third-order valence-electron chi connectivity index (χ3n) is 1.36. The second-order valence-corrected chi connectivity index (χ2v) is 2.46. The van der Waals surface area contributed by atoms with Crippen molar-refractivity contribution in [2.75, 3.05) is 13.1 Å². The topological polar surface area (TPSA) is 15.6 Å². The Balaban J connectivity index is 2.26. The Bertz CT molecular complexity index is 136. The van der Waals surface area contributed by atoms with Gasteiger partial charge in [-0.05, 0) is 6.92 Å². The summed E-state index contributed by atoms with van der Waals surface area (Å²) >= 11 is 0. The molecule has 0 amide bonds. The molecular weight excluding hydrogens is 138 g/mol. The standard InChI is InChI=1S/C6H10F2N2/c1-5-2-10(4-9-5)3-6(7)8/h4-6H,2-3H2,1H3. The molecule has 0 saturated carbocycles. The van der Waals surface area contributed by atoms with E-state index < -0.39 is 6.43 Å². The lowest BCUT2D eigenvalue weighted by Gasteiger charge is -2.13. The van der Waals surface area contributed by atoms with Crippen molar-refractivity contribution < 1.29 is 8.78 Å². The fourth-order valence-electron chi connectivity index (χ4n) is 0.941. The average Bonchev–Trinajstić information content (AvgIpc) is 2.13. The van der Waals surface area contributed by atoms with Crippen LogP contribution >= 0.6 is 0 Å². The molecule has 0 aromatic heterocycles. The second kappa shape index (κ2) is 2.94. The normalized spacial score (nSPS) is 24.8. The maximum Gasteiger partial charge on any atom is 0.255 e. The van der Waals surface area contributed by atoms with Crippen LogP contribution in [0, 0.1) is 0 Å². The summed E-state index contributed by atoms with van der Waals surface area (Å²) in [5, 5.41) is 0. The lowest BCUT2D eigenvalue weighted by atomic mass is 10.3. The zero-order chi connectivity index (χ0) is 7.56. The van der Waals surface area contributed by atoms with E-state index in [0.717, 1.165) is 0 Å². The molecule has 10 heavy (non-hydrogen) atoms. The van der Waals surface area contributed by atoms with Crippen LogP contribution in [-0.2, 0) is 0 Å². The molecule has 1 rings (SSSR count). The second-order valence-electron chi connectivity index (χ2n) is 2.46. The van der Waals surface area contributed by atoms with Crippen LogP contribution in [0.25, 0.3) is 0 Å². The summed E-state index contributed by atoms with van der Waals surface area (Å²) in [7, 11) is 0. The Morgan fingerprint density at radius 3 is 2.90 bits per heavy atom. The van der Waals surface area contributed by atoms with Crippen molar-refractivity contribution in [1.82, 2.24) is 4.90 Å². The highest BCUT2D eigenvalue weighted by molar-refractivity contribution is 5.57. The summed E-state index contributed by atoms with van der Waals surface area (Å²) in [6, 6.07) is 0.179. The number of halogens is 2. The van der Waals surface area contributed by atoms with Crippen LogP contribution < -0.4 is 0 Å². The largest absolute Gasteiger partial charge is 0.355 e. The van der Waals surface area contributed by atoms with E-state index in [1.165, 1.54) is 11.2 Å². The fraction of sp³-hybridized carbons (Fsp3) is 0.833. The Morgan fingerprint density at radius 2 is 2.50 bits per heavy atom. The van der Waals surface area contributed by atoms with Gasteiger partial charge >= 0.3 is 0 Å². The highest BCUT2D eigenvalue weighted by atomic mass is 19.3. The smallest absolute Gasteiger partial charge is 0.255 e. The summed E-state index contributed by atoms with van der Waals surface area (Å²) in [4.78, 5) is 5.48. The molecule has 0 saturated heterocycles. The number of alkyl halides is 2. The molecule has 0 bridgehead atoms. The third-order valence-corrected chi connectivity index (χ3v) is 1.36. The Labute approximate surface area is 58.5 Å². The molecule has 1 unspecified atom stereocenters. The molecule has 0 aliphatic carbocycles. The highest BCUT2D eigenvalue weighted by Crippen LogP contribution is 2.04. The van der Waals surface area contributed by atoms with E-state index in [9.17, 15) is 8.78 Å². The van der Waals surface area contributed by atoms with Crippen molar-refractivity contribution in [1.29, 1.82) is 0 Å². The van der Waals surface area contributed by atoms with Gasteiger partial charge in [0.05, 0.1) is 18.9 Å². The molecule has 0 aromatic carbocycles. The minimum atomic E-state index is -2.25. The average molecular weight is 148 g/mol. The highest BCUT2D eigenvalue weighted by Gasteiger charge is 2.15. The maximum absolute atomic E-state index is 11.7. The Hall–Kier alpha value is -0.670. The minimum Gasteiger partial charge on any atom is -0.355 e. The first-order valence-corrected chi connectivity index (χ1v) is 3.24. The van der Waals surface area contributed by atoms with Crippen molar-refractivity contribution in [3.05, 3.63) is 0 Å². The van der Waals surface area contributed by atoms with E-state index in [1.807, 2.05) is 6.92 Å². The monoisotopic (exact) mass is 148 g/mol. The van der Waals surface area contributed by atoms with E-state index >= 15 is 0 Å². The van der Waals surface area contributed by atoms with Gasteiger partial charge in [0.25, 0.3) is 6.43 Å². The number of hydrogen-bond acceptors (Lipinski definition) is 2. The van der Waals surface area contributed by atoms with Gasteiger partial charge in [-0.25, -0.2) is 8.78 Å². The molecular formula is C6H10F2N2. The molecule has 0 N–H and O–H groups in total. The van der Waals surface area contributed by atoms with Crippen molar-refractivity contribution in [2.45, 2.75) is 19.4 Å². The molecule has 1 heterocycles. The van der Waals surface area contributed by atoms with E-state index in [4.69, 9.17) is 0 Å². The summed E-state index contributed by atoms with van der Waals surface area (Å²) in [6.45, 7) is 2.35. The number of nitrogens with zero attached hydrogens (tertiary/aromatic N) is 2. The fourth-order valence-corrected chi connectivity index (χ4v) is 0.941. The Morgan fingerprint density at radius 1 is 1.80 bits per heavy atom. The van der Waals surface area contributed by atoms with Gasteiger partial charge in [-0.2, -0.15) is 0 Å². The van der Waals surface area contributed by atoms with E-state index in [2.05, 4.69) is 4.99 Å². The van der Waals surface area contributed by atoms with Crippen LogP contribution in [0.4, 0.5) is 8.78 Å². The van der Waals surface area contributed by atoms with Crippen LogP contribution in [-0.4, -0.2) is 36.8 Å². The van der Waals surface area contributed by atoms with E-state index in [-0.39, 0.29) is 12.6 Å². The van der Waals surface area contributed by atoms with Crippen molar-refractivity contribution >= 4 is 6.34 Å². The summed E-state index contributed by atoms with van der Waals surface area (Å²) in [5.74, 6) is 0. The molecule has 0 fully saturated rings. The first-order valence-electron chi connectivity index (χ1n) is 3.24. The van der Waals surface area contributed by atoms with E-state index in [0.29, 0.717) is 6.54 Å². The first-order chi connectivity index (χ1) is 4.68. The van der Waals surface area contributed by atoms with Crippen LogP contribution in [0.5, 0.6) is 0 Å². The summed E-state index contributed by atoms with van der Waals surface area (Å²) in [5.41, 5.74) is 0. The van der Waals surface area contributed by atoms with Gasteiger partial charge < -0.3 is 4.90 Å². The van der Waals surface area contributed by atoms with E-state index in [1.54, 1.807) is 0 Å². The van der Waals surface area contributed by atoms with Crippen LogP contribution in [0.1, 0.15) is 6.92 Å². The van der Waals surface area contributed by atoms with Gasteiger partial charge in [0.15, 0.2) is 0 Å². The van der Waals surface area contributed by atoms with Gasteiger partial charge in [-0.1, -0.05) is 0 Å².